The largest absolute Gasteiger partial charge is 0.341 e. The van der Waals surface area contributed by atoms with Crippen LogP contribution in [-0.4, -0.2) is 42.0 Å². The molecular weight excluding hydrogens is 384 g/mol. The molecule has 6 nitrogen and oxygen atoms in total. The van der Waals surface area contributed by atoms with E-state index < -0.39 is 0 Å². The normalized spacial score (nSPS) is 13.4. The van der Waals surface area contributed by atoms with Gasteiger partial charge in [0, 0.05) is 32.1 Å². The minimum absolute atomic E-state index is 0.00408. The summed E-state index contributed by atoms with van der Waals surface area (Å²) in [6.07, 6.45) is 0.218. The van der Waals surface area contributed by atoms with Gasteiger partial charge in [0.1, 0.15) is 0 Å². The number of thiazole rings is 1. The second kappa shape index (κ2) is 8.45. The van der Waals surface area contributed by atoms with Gasteiger partial charge in [0.25, 0.3) is 0 Å². The third-order valence-electron chi connectivity index (χ3n) is 4.90. The van der Waals surface area contributed by atoms with Crippen LogP contribution in [0.5, 0.6) is 0 Å². The minimum atomic E-state index is -0.133. The summed E-state index contributed by atoms with van der Waals surface area (Å²) in [6, 6.07) is 18.2. The first-order valence-corrected chi connectivity index (χ1v) is 10.4. The molecule has 3 amide bonds. The van der Waals surface area contributed by atoms with E-state index >= 15 is 0 Å². The topological polar surface area (TPSA) is 65.5 Å². The van der Waals surface area contributed by atoms with Gasteiger partial charge in [-0.05, 0) is 16.7 Å². The van der Waals surface area contributed by atoms with Crippen molar-refractivity contribution in [3.63, 3.8) is 0 Å². The first-order valence-electron chi connectivity index (χ1n) is 9.49. The lowest BCUT2D eigenvalue weighted by Crippen LogP contribution is -2.29. The van der Waals surface area contributed by atoms with Crippen LogP contribution in [0.2, 0.25) is 0 Å². The van der Waals surface area contributed by atoms with Crippen molar-refractivity contribution in [3.8, 4) is 11.1 Å². The number of anilines is 1. The molecule has 0 unspecified atom stereocenters. The van der Waals surface area contributed by atoms with Gasteiger partial charge < -0.3 is 10.2 Å². The van der Waals surface area contributed by atoms with Crippen molar-refractivity contribution in [1.29, 1.82) is 0 Å². The van der Waals surface area contributed by atoms with Crippen LogP contribution in [0.1, 0.15) is 11.3 Å². The molecule has 0 spiro atoms. The molecule has 148 valence electrons. The number of hydrogen-bond acceptors (Lipinski definition) is 4. The number of urea groups is 1. The third kappa shape index (κ3) is 4.30. The molecule has 1 aliphatic rings. The first kappa shape index (κ1) is 19.1. The molecule has 1 fully saturated rings. The van der Waals surface area contributed by atoms with Crippen LogP contribution in [0.15, 0.2) is 60.0 Å². The predicted molar refractivity (Wildman–Crippen MR) is 115 cm³/mol. The number of aromatic nitrogens is 1. The average molecular weight is 407 g/mol. The molecule has 2 aromatic carbocycles. The van der Waals surface area contributed by atoms with Gasteiger partial charge in [-0.15, -0.1) is 11.3 Å². The van der Waals surface area contributed by atoms with Crippen LogP contribution in [0.3, 0.4) is 0 Å². The molecule has 29 heavy (non-hydrogen) atoms. The molecule has 0 radical (unpaired) electrons. The molecule has 0 bridgehead atoms. The number of amides is 3. The van der Waals surface area contributed by atoms with Gasteiger partial charge in [-0.2, -0.15) is 0 Å². The van der Waals surface area contributed by atoms with E-state index in [1.54, 1.807) is 9.80 Å². The quantitative estimate of drug-likeness (QED) is 0.681. The van der Waals surface area contributed by atoms with E-state index in [0.29, 0.717) is 30.5 Å². The van der Waals surface area contributed by atoms with Gasteiger partial charge in [0.2, 0.25) is 5.91 Å². The molecule has 1 aromatic heterocycles. The molecule has 1 aliphatic heterocycles. The van der Waals surface area contributed by atoms with Crippen molar-refractivity contribution < 1.29 is 9.59 Å². The summed E-state index contributed by atoms with van der Waals surface area (Å²) in [5, 5.41) is 5.25. The number of hydrogen-bond donors (Lipinski definition) is 1. The van der Waals surface area contributed by atoms with E-state index in [0.717, 1.165) is 16.7 Å². The molecule has 3 aromatic rings. The fourth-order valence-electron chi connectivity index (χ4n) is 3.35. The second-order valence-corrected chi connectivity index (χ2v) is 7.79. The average Bonchev–Trinajstić information content (AvgIpc) is 3.37. The van der Waals surface area contributed by atoms with E-state index in [2.05, 4.69) is 34.6 Å². The molecule has 7 heteroatoms. The Hall–Kier alpha value is -3.19. The van der Waals surface area contributed by atoms with E-state index in [1.165, 1.54) is 11.3 Å². The summed E-state index contributed by atoms with van der Waals surface area (Å²) in [5.74, 6) is -0.00408. The highest BCUT2D eigenvalue weighted by Gasteiger charge is 2.24. The summed E-state index contributed by atoms with van der Waals surface area (Å²) >= 11 is 1.39. The van der Waals surface area contributed by atoms with Crippen molar-refractivity contribution in [2.45, 2.75) is 13.0 Å². The highest BCUT2D eigenvalue weighted by Crippen LogP contribution is 2.25. The highest BCUT2D eigenvalue weighted by atomic mass is 32.1. The molecule has 0 atom stereocenters. The molecule has 1 saturated heterocycles. The Morgan fingerprint density at radius 3 is 2.69 bits per heavy atom. The second-order valence-electron chi connectivity index (χ2n) is 6.95. The fraction of sp³-hybridized carbons (Fsp3) is 0.227. The Balaban J connectivity index is 1.43. The smallest absolute Gasteiger partial charge is 0.323 e. The lowest BCUT2D eigenvalue weighted by atomic mass is 9.99. The van der Waals surface area contributed by atoms with E-state index in [9.17, 15) is 9.59 Å². The van der Waals surface area contributed by atoms with Crippen LogP contribution in [0.4, 0.5) is 9.93 Å². The third-order valence-corrected chi connectivity index (χ3v) is 5.81. The van der Waals surface area contributed by atoms with E-state index in [1.807, 2.05) is 42.8 Å². The number of carbonyl (C=O) groups is 2. The van der Waals surface area contributed by atoms with Gasteiger partial charge in [0.15, 0.2) is 5.13 Å². The van der Waals surface area contributed by atoms with Gasteiger partial charge in [-0.1, -0.05) is 54.6 Å². The molecule has 0 aliphatic carbocycles. The zero-order valence-electron chi connectivity index (χ0n) is 16.2. The maximum Gasteiger partial charge on any atom is 0.323 e. The summed E-state index contributed by atoms with van der Waals surface area (Å²) in [5.41, 5.74) is 4.06. The molecule has 0 saturated carbocycles. The maximum absolute atomic E-state index is 12.8. The molecular formula is C22H22N4O2S. The van der Waals surface area contributed by atoms with Crippen molar-refractivity contribution >= 4 is 28.4 Å². The Labute approximate surface area is 173 Å². The van der Waals surface area contributed by atoms with Gasteiger partial charge >= 0.3 is 6.03 Å². The molecule has 2 heterocycles. The van der Waals surface area contributed by atoms with Crippen molar-refractivity contribution in [2.75, 3.05) is 25.0 Å². The van der Waals surface area contributed by atoms with Crippen molar-refractivity contribution in [1.82, 2.24) is 15.2 Å². The SMILES string of the molecule is CN(Cc1ccccc1-c1ccccc1)C(=O)Cc1csc(N2CCNC2=O)n1. The lowest BCUT2D eigenvalue weighted by Gasteiger charge is -2.19. The standard InChI is InChI=1S/C22H22N4O2S/c1-25(14-17-9-5-6-10-19(17)16-7-3-2-4-8-16)20(27)13-18-15-29-22(24-18)26-12-11-23-21(26)28/h2-10,15H,11-14H2,1H3,(H,23,28). The molecule has 4 rings (SSSR count). The zero-order chi connectivity index (χ0) is 20.2. The van der Waals surface area contributed by atoms with Crippen LogP contribution in [-0.2, 0) is 17.8 Å². The predicted octanol–water partition coefficient (Wildman–Crippen LogP) is 3.54. The Kier molecular flexibility index (Phi) is 5.57. The molecule has 1 N–H and O–H groups in total. The van der Waals surface area contributed by atoms with Crippen LogP contribution < -0.4 is 10.2 Å². The Morgan fingerprint density at radius 1 is 1.17 bits per heavy atom. The van der Waals surface area contributed by atoms with Crippen LogP contribution in [0, 0.1) is 0 Å². The zero-order valence-corrected chi connectivity index (χ0v) is 17.0. The van der Waals surface area contributed by atoms with Crippen molar-refractivity contribution in [3.05, 3.63) is 71.2 Å². The summed E-state index contributed by atoms with van der Waals surface area (Å²) < 4.78 is 0. The van der Waals surface area contributed by atoms with Crippen LogP contribution >= 0.6 is 11.3 Å². The Morgan fingerprint density at radius 2 is 1.93 bits per heavy atom. The van der Waals surface area contributed by atoms with E-state index in [-0.39, 0.29) is 18.4 Å². The number of nitrogens with one attached hydrogen (secondary N) is 1. The first-order chi connectivity index (χ1) is 14.1. The van der Waals surface area contributed by atoms with Gasteiger partial charge in [-0.3, -0.25) is 9.69 Å². The van der Waals surface area contributed by atoms with Crippen LogP contribution in [0.25, 0.3) is 11.1 Å². The fourth-order valence-corrected chi connectivity index (χ4v) is 4.20. The number of benzene rings is 2. The van der Waals surface area contributed by atoms with Gasteiger partial charge in [-0.25, -0.2) is 9.78 Å². The summed E-state index contributed by atoms with van der Waals surface area (Å²) in [4.78, 5) is 32.3. The number of likely N-dealkylation sites (N-methyl/N-ethyl adjacent to an activating group) is 1. The summed E-state index contributed by atoms with van der Waals surface area (Å²) in [7, 11) is 1.81. The van der Waals surface area contributed by atoms with Gasteiger partial charge in [0.05, 0.1) is 12.1 Å². The van der Waals surface area contributed by atoms with Crippen molar-refractivity contribution in [2.24, 2.45) is 0 Å². The maximum atomic E-state index is 12.8. The number of carbonyl (C=O) groups excluding carboxylic acids is 2. The summed E-state index contributed by atoms with van der Waals surface area (Å²) in [6.45, 7) is 1.75. The monoisotopic (exact) mass is 406 g/mol. The minimum Gasteiger partial charge on any atom is -0.341 e. The highest BCUT2D eigenvalue weighted by molar-refractivity contribution is 7.14. The lowest BCUT2D eigenvalue weighted by molar-refractivity contribution is -0.129. The number of rotatable bonds is 6. The number of nitrogens with zero attached hydrogens (tertiary/aromatic N) is 3. The Bertz CT molecular complexity index is 1020. The van der Waals surface area contributed by atoms with E-state index in [4.69, 9.17) is 0 Å².